The average molecular weight is 342 g/mol. The van der Waals surface area contributed by atoms with Gasteiger partial charge < -0.3 is 14.2 Å². The molecule has 0 aliphatic heterocycles. The molecule has 5 nitrogen and oxygen atoms in total. The third-order valence-electron chi connectivity index (χ3n) is 3.95. The Kier molecular flexibility index (Phi) is 6.17. The number of ether oxygens (including phenoxy) is 3. The summed E-state index contributed by atoms with van der Waals surface area (Å²) in [6.45, 7) is 5.19. The van der Waals surface area contributed by atoms with Gasteiger partial charge in [-0.2, -0.15) is 0 Å². The van der Waals surface area contributed by atoms with E-state index in [1.165, 1.54) is 0 Å². The zero-order valence-electron chi connectivity index (χ0n) is 14.9. The van der Waals surface area contributed by atoms with E-state index in [2.05, 4.69) is 0 Å². The third-order valence-corrected chi connectivity index (χ3v) is 3.95. The van der Waals surface area contributed by atoms with Crippen molar-refractivity contribution in [2.24, 2.45) is 0 Å². The van der Waals surface area contributed by atoms with E-state index in [1.807, 2.05) is 26.0 Å². The molecule has 0 saturated heterocycles. The molecule has 1 atom stereocenters. The summed E-state index contributed by atoms with van der Waals surface area (Å²) in [5.41, 5.74) is 2.50. The summed E-state index contributed by atoms with van der Waals surface area (Å²) in [6.07, 6.45) is -0.886. The molecular weight excluding hydrogens is 320 g/mol. The third kappa shape index (κ3) is 4.83. The van der Waals surface area contributed by atoms with Crippen molar-refractivity contribution >= 4 is 11.8 Å². The smallest absolute Gasteiger partial charge is 0.344 e. The van der Waals surface area contributed by atoms with E-state index in [9.17, 15) is 9.59 Å². The average Bonchev–Trinajstić information content (AvgIpc) is 2.62. The number of carbonyl (C=O) groups excluding carboxylic acids is 2. The van der Waals surface area contributed by atoms with Crippen molar-refractivity contribution in [3.05, 3.63) is 59.2 Å². The van der Waals surface area contributed by atoms with Crippen LogP contribution in [0.1, 0.15) is 28.4 Å². The quantitative estimate of drug-likeness (QED) is 0.569. The molecule has 0 saturated carbocycles. The fourth-order valence-electron chi connectivity index (χ4n) is 2.29. The Balaban J connectivity index is 1.90. The van der Waals surface area contributed by atoms with Crippen LogP contribution < -0.4 is 9.47 Å². The van der Waals surface area contributed by atoms with Crippen molar-refractivity contribution in [3.63, 3.8) is 0 Å². The molecule has 0 fully saturated rings. The summed E-state index contributed by atoms with van der Waals surface area (Å²) in [7, 11) is 1.55. The number of rotatable bonds is 7. The first kappa shape index (κ1) is 18.5. The largest absolute Gasteiger partial charge is 0.497 e. The second kappa shape index (κ2) is 8.33. The lowest BCUT2D eigenvalue weighted by Gasteiger charge is -2.14. The van der Waals surface area contributed by atoms with Gasteiger partial charge in [0.05, 0.1) is 7.11 Å². The van der Waals surface area contributed by atoms with Crippen LogP contribution in [0.2, 0.25) is 0 Å². The molecule has 5 heteroatoms. The first-order valence-corrected chi connectivity index (χ1v) is 7.99. The van der Waals surface area contributed by atoms with Crippen molar-refractivity contribution in [1.82, 2.24) is 0 Å². The van der Waals surface area contributed by atoms with Gasteiger partial charge in [0.15, 0.2) is 12.7 Å². The Bertz CT molecular complexity index is 749. The molecule has 0 aliphatic carbocycles. The summed E-state index contributed by atoms with van der Waals surface area (Å²) in [5, 5.41) is 0. The van der Waals surface area contributed by atoms with Crippen LogP contribution in [0.25, 0.3) is 0 Å². The molecule has 25 heavy (non-hydrogen) atoms. The van der Waals surface area contributed by atoms with E-state index in [0.717, 1.165) is 11.1 Å². The number of Topliss-reactive ketones (excluding diaryl/α,β-unsaturated/α-hetero) is 1. The lowest BCUT2D eigenvalue weighted by Crippen LogP contribution is -2.27. The number of carbonyl (C=O) groups is 2. The Morgan fingerprint density at radius 3 is 2.36 bits per heavy atom. The van der Waals surface area contributed by atoms with Gasteiger partial charge in [0.2, 0.25) is 5.78 Å². The fourth-order valence-corrected chi connectivity index (χ4v) is 2.29. The summed E-state index contributed by atoms with van der Waals surface area (Å²) in [5.74, 6) is 0.423. The van der Waals surface area contributed by atoms with Crippen LogP contribution in [0, 0.1) is 13.8 Å². The van der Waals surface area contributed by atoms with E-state index < -0.39 is 12.1 Å². The van der Waals surface area contributed by atoms with Crippen molar-refractivity contribution in [3.8, 4) is 11.5 Å². The lowest BCUT2D eigenvalue weighted by atomic mass is 10.1. The topological polar surface area (TPSA) is 61.8 Å². The molecule has 2 aromatic carbocycles. The maximum atomic E-state index is 12.3. The van der Waals surface area contributed by atoms with Crippen molar-refractivity contribution in [2.75, 3.05) is 13.7 Å². The fraction of sp³-hybridized carbons (Fsp3) is 0.300. The molecule has 0 amide bonds. The highest BCUT2D eigenvalue weighted by Crippen LogP contribution is 2.20. The Morgan fingerprint density at radius 2 is 1.72 bits per heavy atom. The summed E-state index contributed by atoms with van der Waals surface area (Å²) in [4.78, 5) is 24.2. The maximum absolute atomic E-state index is 12.3. The van der Waals surface area contributed by atoms with Gasteiger partial charge >= 0.3 is 5.97 Å². The lowest BCUT2D eigenvalue weighted by molar-refractivity contribution is -0.148. The highest BCUT2D eigenvalue weighted by Gasteiger charge is 2.20. The van der Waals surface area contributed by atoms with Crippen molar-refractivity contribution < 1.29 is 23.8 Å². The van der Waals surface area contributed by atoms with Gasteiger partial charge in [0.25, 0.3) is 0 Å². The molecule has 2 aromatic rings. The standard InChI is InChI=1S/C20H22O5/c1-13-6-5-7-18(14(13)2)24-12-19(21)25-15(3)20(22)16-8-10-17(23-4)11-9-16/h5-11,15H,12H2,1-4H3/t15-/m0/s1. The number of benzene rings is 2. The van der Waals surface area contributed by atoms with Gasteiger partial charge in [-0.05, 0) is 62.2 Å². The minimum absolute atomic E-state index is 0.246. The van der Waals surface area contributed by atoms with Crippen LogP contribution in [0.3, 0.4) is 0 Å². The highest BCUT2D eigenvalue weighted by atomic mass is 16.6. The Morgan fingerprint density at radius 1 is 1.04 bits per heavy atom. The van der Waals surface area contributed by atoms with Gasteiger partial charge in [-0.25, -0.2) is 4.79 Å². The van der Waals surface area contributed by atoms with Crippen LogP contribution in [0.15, 0.2) is 42.5 Å². The number of hydrogen-bond donors (Lipinski definition) is 0. The van der Waals surface area contributed by atoms with Crippen LogP contribution in [-0.4, -0.2) is 31.6 Å². The number of methoxy groups -OCH3 is 1. The molecular formula is C20H22O5. The second-order valence-corrected chi connectivity index (χ2v) is 5.71. The van der Waals surface area contributed by atoms with E-state index in [0.29, 0.717) is 17.1 Å². The van der Waals surface area contributed by atoms with Crippen LogP contribution >= 0.6 is 0 Å². The number of aryl methyl sites for hydroxylation is 1. The highest BCUT2D eigenvalue weighted by molar-refractivity contribution is 6.00. The minimum atomic E-state index is -0.886. The van der Waals surface area contributed by atoms with E-state index in [1.54, 1.807) is 44.4 Å². The maximum Gasteiger partial charge on any atom is 0.344 e. The molecule has 2 rings (SSSR count). The molecule has 0 spiro atoms. The normalized spacial score (nSPS) is 11.5. The molecule has 0 bridgehead atoms. The number of ketones is 1. The monoisotopic (exact) mass is 342 g/mol. The molecule has 0 heterocycles. The van der Waals surface area contributed by atoms with E-state index >= 15 is 0 Å². The van der Waals surface area contributed by atoms with Crippen LogP contribution in [0.5, 0.6) is 11.5 Å². The molecule has 132 valence electrons. The molecule has 0 unspecified atom stereocenters. The van der Waals surface area contributed by atoms with Crippen LogP contribution in [0.4, 0.5) is 0 Å². The van der Waals surface area contributed by atoms with Gasteiger partial charge in [-0.1, -0.05) is 12.1 Å². The number of esters is 1. The number of hydrogen-bond acceptors (Lipinski definition) is 5. The molecule has 0 aliphatic rings. The minimum Gasteiger partial charge on any atom is -0.497 e. The molecule has 0 N–H and O–H groups in total. The summed E-state index contributed by atoms with van der Waals surface area (Å²) >= 11 is 0. The van der Waals surface area contributed by atoms with Gasteiger partial charge in [-0.3, -0.25) is 4.79 Å². The van der Waals surface area contributed by atoms with E-state index in [4.69, 9.17) is 14.2 Å². The predicted molar refractivity (Wildman–Crippen MR) is 94.3 cm³/mol. The molecule has 0 aromatic heterocycles. The molecule has 0 radical (unpaired) electrons. The SMILES string of the molecule is COc1ccc(C(=O)[C@H](C)OC(=O)COc2cccc(C)c2C)cc1. The summed E-state index contributed by atoms with van der Waals surface area (Å²) in [6, 6.07) is 12.3. The van der Waals surface area contributed by atoms with E-state index in [-0.39, 0.29) is 12.4 Å². The first-order valence-electron chi connectivity index (χ1n) is 7.99. The second-order valence-electron chi connectivity index (χ2n) is 5.71. The zero-order valence-corrected chi connectivity index (χ0v) is 14.9. The van der Waals surface area contributed by atoms with Crippen molar-refractivity contribution in [1.29, 1.82) is 0 Å². The van der Waals surface area contributed by atoms with Gasteiger partial charge in [0.1, 0.15) is 11.5 Å². The van der Waals surface area contributed by atoms with Crippen molar-refractivity contribution in [2.45, 2.75) is 26.9 Å². The predicted octanol–water partition coefficient (Wildman–Crippen LogP) is 3.51. The van der Waals surface area contributed by atoms with Gasteiger partial charge in [0, 0.05) is 5.56 Å². The Labute approximate surface area is 147 Å². The Hall–Kier alpha value is -2.82. The van der Waals surface area contributed by atoms with Crippen LogP contribution in [-0.2, 0) is 9.53 Å². The summed E-state index contributed by atoms with van der Waals surface area (Å²) < 4.78 is 15.7. The first-order chi connectivity index (χ1) is 11.9. The zero-order chi connectivity index (χ0) is 18.4. The van der Waals surface area contributed by atoms with Gasteiger partial charge in [-0.15, -0.1) is 0 Å².